The number of aliphatic hydroxyl groups excluding tert-OH is 1. The minimum Gasteiger partial charge on any atom is -0.468 e. The molecule has 20 heavy (non-hydrogen) atoms. The lowest BCUT2D eigenvalue weighted by atomic mass is 9.92. The first-order chi connectivity index (χ1) is 9.49. The fourth-order valence-corrected chi connectivity index (χ4v) is 2.22. The third-order valence-electron chi connectivity index (χ3n) is 3.41. The van der Waals surface area contributed by atoms with Crippen LogP contribution in [0.15, 0.2) is 27.4 Å². The van der Waals surface area contributed by atoms with Gasteiger partial charge >= 0.3 is 0 Å². The van der Waals surface area contributed by atoms with Gasteiger partial charge in [-0.25, -0.2) is 0 Å². The predicted octanol–water partition coefficient (Wildman–Crippen LogP) is 3.10. The van der Waals surface area contributed by atoms with Crippen molar-refractivity contribution in [3.05, 3.63) is 34.2 Å². The zero-order valence-corrected chi connectivity index (χ0v) is 12.7. The molecule has 0 fully saturated rings. The van der Waals surface area contributed by atoms with E-state index in [0.717, 1.165) is 18.4 Å². The van der Waals surface area contributed by atoms with Gasteiger partial charge in [-0.3, -0.25) is 4.79 Å². The van der Waals surface area contributed by atoms with Gasteiger partial charge in [-0.15, -0.1) is 0 Å². The smallest absolute Gasteiger partial charge is 0.288 e. The van der Waals surface area contributed by atoms with Gasteiger partial charge in [0.15, 0.2) is 5.43 Å². The van der Waals surface area contributed by atoms with Gasteiger partial charge in [0.2, 0.25) is 0 Å². The first kappa shape index (κ1) is 16.5. The fourth-order valence-electron chi connectivity index (χ4n) is 2.22. The van der Waals surface area contributed by atoms with E-state index in [4.69, 9.17) is 9.15 Å². The summed E-state index contributed by atoms with van der Waals surface area (Å²) in [5, 5.41) is 9.23. The van der Waals surface area contributed by atoms with E-state index in [9.17, 15) is 9.90 Å². The molecule has 1 N–H and O–H groups in total. The van der Waals surface area contributed by atoms with Crippen LogP contribution >= 0.6 is 0 Å². The van der Waals surface area contributed by atoms with E-state index >= 15 is 0 Å². The Kier molecular flexibility index (Phi) is 6.52. The lowest BCUT2D eigenvalue weighted by molar-refractivity contribution is 0.206. The highest BCUT2D eigenvalue weighted by atomic mass is 16.6. The Balaban J connectivity index is 2.87. The highest BCUT2D eigenvalue weighted by Crippen LogP contribution is 2.22. The molecule has 2 unspecified atom stereocenters. The van der Waals surface area contributed by atoms with Gasteiger partial charge in [0.1, 0.15) is 5.76 Å². The van der Waals surface area contributed by atoms with E-state index in [1.165, 1.54) is 19.2 Å². The van der Waals surface area contributed by atoms with Crippen LogP contribution in [0, 0.1) is 11.8 Å². The number of hydrogen-bond acceptors (Lipinski definition) is 4. The van der Waals surface area contributed by atoms with E-state index in [1.807, 2.05) is 6.92 Å². The van der Waals surface area contributed by atoms with Crippen LogP contribution in [0.2, 0.25) is 0 Å². The van der Waals surface area contributed by atoms with E-state index in [0.29, 0.717) is 17.6 Å². The number of allylic oxidation sites excluding steroid dienone is 2. The Labute approximate surface area is 120 Å². The van der Waals surface area contributed by atoms with Gasteiger partial charge in [0.05, 0.1) is 13.2 Å². The molecule has 0 aliphatic carbocycles. The maximum Gasteiger partial charge on any atom is 0.288 e. The van der Waals surface area contributed by atoms with Crippen molar-refractivity contribution >= 4 is 5.57 Å². The summed E-state index contributed by atoms with van der Waals surface area (Å²) in [5.74, 6) is 1.36. The maximum absolute atomic E-state index is 11.5. The molecule has 0 amide bonds. The predicted molar refractivity (Wildman–Crippen MR) is 79.8 cm³/mol. The SMILES string of the molecule is CCC(CO)CC(C)C=C(C)c1cc(=O)cc(OC)o1. The molecule has 0 spiro atoms. The first-order valence-electron chi connectivity index (χ1n) is 6.99. The summed E-state index contributed by atoms with van der Waals surface area (Å²) in [7, 11) is 1.47. The topological polar surface area (TPSA) is 59.7 Å². The van der Waals surface area contributed by atoms with Crippen molar-refractivity contribution in [3.8, 4) is 5.95 Å². The van der Waals surface area contributed by atoms with Crippen LogP contribution < -0.4 is 10.2 Å². The Bertz CT molecular complexity index is 497. The quantitative estimate of drug-likeness (QED) is 0.833. The number of aliphatic hydroxyl groups is 1. The van der Waals surface area contributed by atoms with Crippen molar-refractivity contribution in [1.29, 1.82) is 0 Å². The second kappa shape index (κ2) is 7.90. The molecule has 1 aromatic rings. The molecule has 1 heterocycles. The fraction of sp³-hybridized carbons (Fsp3) is 0.562. The van der Waals surface area contributed by atoms with Crippen molar-refractivity contribution in [2.24, 2.45) is 11.8 Å². The number of hydrogen-bond donors (Lipinski definition) is 1. The van der Waals surface area contributed by atoms with E-state index in [2.05, 4.69) is 19.9 Å². The second-order valence-electron chi connectivity index (χ2n) is 5.20. The van der Waals surface area contributed by atoms with E-state index in [1.54, 1.807) is 0 Å². The van der Waals surface area contributed by atoms with Crippen LogP contribution in [-0.2, 0) is 0 Å². The van der Waals surface area contributed by atoms with Crippen LogP contribution in [0.4, 0.5) is 0 Å². The monoisotopic (exact) mass is 280 g/mol. The van der Waals surface area contributed by atoms with Crippen LogP contribution in [0.1, 0.15) is 39.4 Å². The summed E-state index contributed by atoms with van der Waals surface area (Å²) < 4.78 is 10.5. The van der Waals surface area contributed by atoms with Crippen molar-refractivity contribution < 1.29 is 14.3 Å². The molecule has 0 radical (unpaired) electrons. The third-order valence-corrected chi connectivity index (χ3v) is 3.41. The standard InChI is InChI=1S/C16H24O4/c1-5-13(10-17)7-11(2)6-12(3)15-8-14(18)9-16(19-4)20-15/h6,8-9,11,13,17H,5,7,10H2,1-4H3. The zero-order chi connectivity index (χ0) is 15.1. The van der Waals surface area contributed by atoms with Crippen molar-refractivity contribution in [2.45, 2.75) is 33.6 Å². The Morgan fingerprint density at radius 3 is 2.75 bits per heavy atom. The number of rotatable bonds is 7. The lowest BCUT2D eigenvalue weighted by Crippen LogP contribution is -2.08. The van der Waals surface area contributed by atoms with Gasteiger partial charge in [0, 0.05) is 12.7 Å². The molecule has 4 heteroatoms. The van der Waals surface area contributed by atoms with Crippen molar-refractivity contribution in [2.75, 3.05) is 13.7 Å². The van der Waals surface area contributed by atoms with Gasteiger partial charge in [-0.2, -0.15) is 0 Å². The summed E-state index contributed by atoms with van der Waals surface area (Å²) >= 11 is 0. The normalized spacial score (nSPS) is 14.9. The molecule has 0 aliphatic rings. The minimum absolute atomic E-state index is 0.134. The number of methoxy groups -OCH3 is 1. The molecule has 0 bridgehead atoms. The molecule has 2 atom stereocenters. The Morgan fingerprint density at radius 2 is 2.20 bits per heavy atom. The molecule has 1 rings (SSSR count). The lowest BCUT2D eigenvalue weighted by Gasteiger charge is -2.15. The maximum atomic E-state index is 11.5. The summed E-state index contributed by atoms with van der Waals surface area (Å²) in [6.45, 7) is 6.29. The van der Waals surface area contributed by atoms with Gasteiger partial charge < -0.3 is 14.3 Å². The minimum atomic E-state index is -0.134. The molecule has 4 nitrogen and oxygen atoms in total. The summed E-state index contributed by atoms with van der Waals surface area (Å²) in [6.07, 6.45) is 3.94. The van der Waals surface area contributed by atoms with Crippen molar-refractivity contribution in [3.63, 3.8) is 0 Å². The average Bonchev–Trinajstić information content (AvgIpc) is 2.43. The Hall–Kier alpha value is -1.55. The molecule has 1 aromatic heterocycles. The average molecular weight is 280 g/mol. The van der Waals surface area contributed by atoms with Crippen molar-refractivity contribution in [1.82, 2.24) is 0 Å². The largest absolute Gasteiger partial charge is 0.468 e. The molecule has 0 saturated heterocycles. The highest BCUT2D eigenvalue weighted by Gasteiger charge is 2.11. The highest BCUT2D eigenvalue weighted by molar-refractivity contribution is 5.59. The van der Waals surface area contributed by atoms with Gasteiger partial charge in [-0.05, 0) is 30.8 Å². The molecular formula is C16H24O4. The summed E-state index contributed by atoms with van der Waals surface area (Å²) in [4.78, 5) is 11.5. The van der Waals surface area contributed by atoms with Crippen LogP contribution in [0.5, 0.6) is 5.95 Å². The zero-order valence-electron chi connectivity index (χ0n) is 12.7. The molecule has 0 aliphatic heterocycles. The van der Waals surface area contributed by atoms with Crippen LogP contribution in [-0.4, -0.2) is 18.8 Å². The third kappa shape index (κ3) is 4.85. The van der Waals surface area contributed by atoms with Crippen LogP contribution in [0.25, 0.3) is 5.57 Å². The second-order valence-corrected chi connectivity index (χ2v) is 5.20. The van der Waals surface area contributed by atoms with Crippen LogP contribution in [0.3, 0.4) is 0 Å². The molecule has 0 aromatic carbocycles. The van der Waals surface area contributed by atoms with Gasteiger partial charge in [0.25, 0.3) is 5.95 Å². The molecule has 0 saturated carbocycles. The summed E-state index contributed by atoms with van der Waals surface area (Å²) in [5.41, 5.74) is 0.770. The van der Waals surface area contributed by atoms with E-state index in [-0.39, 0.29) is 18.0 Å². The summed E-state index contributed by atoms with van der Waals surface area (Å²) in [6, 6.07) is 2.78. The van der Waals surface area contributed by atoms with E-state index < -0.39 is 0 Å². The molecule has 112 valence electrons. The molecular weight excluding hydrogens is 256 g/mol. The first-order valence-corrected chi connectivity index (χ1v) is 6.99. The Morgan fingerprint density at radius 1 is 1.50 bits per heavy atom. The van der Waals surface area contributed by atoms with Gasteiger partial charge in [-0.1, -0.05) is 26.3 Å². The number of ether oxygens (including phenoxy) is 1.